The minimum atomic E-state index is -3.58. The molecule has 0 aliphatic heterocycles. The van der Waals surface area contributed by atoms with Crippen LogP contribution in [0.4, 0.5) is 0 Å². The smallest absolute Gasteiger partial charge is 0.240 e. The van der Waals surface area contributed by atoms with E-state index in [1.807, 2.05) is 12.1 Å². The Morgan fingerprint density at radius 2 is 1.85 bits per heavy atom. The Hall–Kier alpha value is -0.950. The fraction of sp³-hybridized carbons (Fsp3) is 0.571. The van der Waals surface area contributed by atoms with Gasteiger partial charge in [-0.15, -0.1) is 0 Å². The van der Waals surface area contributed by atoms with Crippen LogP contribution in [0.5, 0.6) is 0 Å². The average Bonchev–Trinajstić information content (AvgIpc) is 2.37. The lowest BCUT2D eigenvalue weighted by atomic mass is 10.0. The number of hydrogen-bond donors (Lipinski definition) is 2. The lowest BCUT2D eigenvalue weighted by molar-refractivity contribution is 0.0679. The molecule has 0 radical (unpaired) electrons. The summed E-state index contributed by atoms with van der Waals surface area (Å²) in [4.78, 5) is 0.203. The van der Waals surface area contributed by atoms with Gasteiger partial charge in [-0.05, 0) is 30.0 Å². The first kappa shape index (κ1) is 17.1. The predicted octanol–water partition coefficient (Wildman–Crippen LogP) is 1.17. The lowest BCUT2D eigenvalue weighted by Gasteiger charge is -2.12. The number of ether oxygens (including phenoxy) is 1. The molecule has 0 amide bonds. The highest BCUT2D eigenvalue weighted by atomic mass is 32.2. The van der Waals surface area contributed by atoms with Crippen LogP contribution in [0.2, 0.25) is 0 Å². The molecule has 1 rings (SSSR count). The van der Waals surface area contributed by atoms with E-state index in [0.717, 1.165) is 12.0 Å². The fourth-order valence-corrected chi connectivity index (χ4v) is 2.89. The zero-order valence-corrected chi connectivity index (χ0v) is 13.0. The van der Waals surface area contributed by atoms with Crippen molar-refractivity contribution in [1.82, 2.24) is 4.72 Å². The monoisotopic (exact) mass is 301 g/mol. The highest BCUT2D eigenvalue weighted by Crippen LogP contribution is 2.13. The van der Waals surface area contributed by atoms with E-state index in [1.54, 1.807) is 12.1 Å². The third-order valence-electron chi connectivity index (χ3n) is 2.75. The second-order valence-electron chi connectivity index (χ2n) is 5.20. The van der Waals surface area contributed by atoms with Crippen molar-refractivity contribution in [2.75, 3.05) is 20.3 Å². The normalized spacial score (nSPS) is 13.7. The van der Waals surface area contributed by atoms with Crippen LogP contribution < -0.4 is 4.72 Å². The van der Waals surface area contributed by atoms with E-state index in [9.17, 15) is 13.5 Å². The fourth-order valence-electron chi connectivity index (χ4n) is 1.82. The van der Waals surface area contributed by atoms with Crippen molar-refractivity contribution in [3.63, 3.8) is 0 Å². The largest absolute Gasteiger partial charge is 0.389 e. The predicted molar refractivity (Wildman–Crippen MR) is 78.1 cm³/mol. The molecule has 0 saturated carbocycles. The first-order chi connectivity index (χ1) is 9.35. The Kier molecular flexibility index (Phi) is 6.61. The van der Waals surface area contributed by atoms with Gasteiger partial charge < -0.3 is 9.84 Å². The molecular weight excluding hydrogens is 278 g/mol. The maximum absolute atomic E-state index is 12.0. The third-order valence-corrected chi connectivity index (χ3v) is 4.19. The van der Waals surface area contributed by atoms with Gasteiger partial charge in [-0.25, -0.2) is 13.1 Å². The molecule has 6 heteroatoms. The van der Waals surface area contributed by atoms with E-state index in [0.29, 0.717) is 5.92 Å². The maximum Gasteiger partial charge on any atom is 0.240 e. The van der Waals surface area contributed by atoms with Crippen LogP contribution in [0.25, 0.3) is 0 Å². The molecule has 1 aromatic carbocycles. The summed E-state index contributed by atoms with van der Waals surface area (Å²) in [5, 5.41) is 9.45. The summed E-state index contributed by atoms with van der Waals surface area (Å²) in [6.07, 6.45) is 0.0651. The lowest BCUT2D eigenvalue weighted by Crippen LogP contribution is -2.34. The summed E-state index contributed by atoms with van der Waals surface area (Å²) in [5.41, 5.74) is 1.11. The summed E-state index contributed by atoms with van der Waals surface area (Å²) in [7, 11) is -2.13. The van der Waals surface area contributed by atoms with Gasteiger partial charge in [0, 0.05) is 13.7 Å². The van der Waals surface area contributed by atoms with E-state index in [4.69, 9.17) is 4.74 Å². The van der Waals surface area contributed by atoms with Crippen LogP contribution in [-0.4, -0.2) is 39.9 Å². The molecule has 0 spiro atoms. The van der Waals surface area contributed by atoms with Crippen molar-refractivity contribution in [3.8, 4) is 0 Å². The molecule has 5 nitrogen and oxygen atoms in total. The van der Waals surface area contributed by atoms with Crippen molar-refractivity contribution in [2.24, 2.45) is 5.92 Å². The zero-order valence-electron chi connectivity index (χ0n) is 12.2. The van der Waals surface area contributed by atoms with Gasteiger partial charge in [0.1, 0.15) is 0 Å². The molecule has 114 valence electrons. The molecule has 0 heterocycles. The molecule has 0 aliphatic rings. The van der Waals surface area contributed by atoms with Crippen LogP contribution in [0.3, 0.4) is 0 Å². The Morgan fingerprint density at radius 1 is 1.25 bits per heavy atom. The number of hydrogen-bond acceptors (Lipinski definition) is 4. The molecule has 0 saturated heterocycles. The van der Waals surface area contributed by atoms with E-state index in [1.165, 1.54) is 7.11 Å². The van der Waals surface area contributed by atoms with Crippen molar-refractivity contribution >= 4 is 10.0 Å². The molecule has 0 aliphatic carbocycles. The number of aliphatic hydroxyl groups is 1. The molecule has 2 N–H and O–H groups in total. The second kappa shape index (κ2) is 7.73. The SMILES string of the molecule is COCC(O)CNS(=O)(=O)c1ccc(CC(C)C)cc1. The van der Waals surface area contributed by atoms with Gasteiger partial charge in [-0.2, -0.15) is 0 Å². The summed E-state index contributed by atoms with van der Waals surface area (Å²) in [6.45, 7) is 4.26. The number of methoxy groups -OCH3 is 1. The summed E-state index contributed by atoms with van der Waals surface area (Å²) in [5.74, 6) is 0.528. The Balaban J connectivity index is 2.68. The van der Waals surface area contributed by atoms with Gasteiger partial charge in [0.05, 0.1) is 17.6 Å². The maximum atomic E-state index is 12.0. The van der Waals surface area contributed by atoms with Crippen LogP contribution in [0.15, 0.2) is 29.2 Å². The number of rotatable bonds is 8. The van der Waals surface area contributed by atoms with Gasteiger partial charge in [0.25, 0.3) is 0 Å². The highest BCUT2D eigenvalue weighted by molar-refractivity contribution is 7.89. The van der Waals surface area contributed by atoms with E-state index in [2.05, 4.69) is 18.6 Å². The van der Waals surface area contributed by atoms with Crippen molar-refractivity contribution in [3.05, 3.63) is 29.8 Å². The van der Waals surface area contributed by atoms with Crippen LogP contribution in [0.1, 0.15) is 19.4 Å². The molecule has 1 atom stereocenters. The molecule has 1 aromatic rings. The number of nitrogens with one attached hydrogen (secondary N) is 1. The zero-order chi connectivity index (χ0) is 15.2. The number of aliphatic hydroxyl groups excluding tert-OH is 1. The van der Waals surface area contributed by atoms with Gasteiger partial charge in [-0.1, -0.05) is 26.0 Å². The molecule has 1 unspecified atom stereocenters. The highest BCUT2D eigenvalue weighted by Gasteiger charge is 2.15. The van der Waals surface area contributed by atoms with Crippen molar-refractivity contribution in [1.29, 1.82) is 0 Å². The van der Waals surface area contributed by atoms with Crippen LogP contribution >= 0.6 is 0 Å². The van der Waals surface area contributed by atoms with Gasteiger partial charge in [0.2, 0.25) is 10.0 Å². The van der Waals surface area contributed by atoms with Gasteiger partial charge in [0.15, 0.2) is 0 Å². The van der Waals surface area contributed by atoms with E-state index in [-0.39, 0.29) is 18.0 Å². The standard InChI is InChI=1S/C14H23NO4S/c1-11(2)8-12-4-6-14(7-5-12)20(17,18)15-9-13(16)10-19-3/h4-7,11,13,15-16H,8-10H2,1-3H3. The van der Waals surface area contributed by atoms with Crippen molar-refractivity contribution < 1.29 is 18.3 Å². The minimum absolute atomic E-state index is 0.0656. The summed E-state index contributed by atoms with van der Waals surface area (Å²) >= 11 is 0. The van der Waals surface area contributed by atoms with E-state index < -0.39 is 16.1 Å². The van der Waals surface area contributed by atoms with E-state index >= 15 is 0 Å². The van der Waals surface area contributed by atoms with Gasteiger partial charge >= 0.3 is 0 Å². The first-order valence-corrected chi connectivity index (χ1v) is 8.09. The Morgan fingerprint density at radius 3 is 2.35 bits per heavy atom. The minimum Gasteiger partial charge on any atom is -0.389 e. The molecule has 20 heavy (non-hydrogen) atoms. The number of benzene rings is 1. The Labute approximate surface area is 121 Å². The van der Waals surface area contributed by atoms with Crippen LogP contribution in [0, 0.1) is 5.92 Å². The average molecular weight is 301 g/mol. The quantitative estimate of drug-likeness (QED) is 0.756. The summed E-state index contributed by atoms with van der Waals surface area (Å²) in [6, 6.07) is 6.81. The number of sulfonamides is 1. The molecule has 0 bridgehead atoms. The molecule has 0 fully saturated rings. The Bertz CT molecular complexity index is 496. The van der Waals surface area contributed by atoms with Gasteiger partial charge in [-0.3, -0.25) is 0 Å². The third kappa shape index (κ3) is 5.58. The van der Waals surface area contributed by atoms with Crippen molar-refractivity contribution in [2.45, 2.75) is 31.3 Å². The van der Waals surface area contributed by atoms with Crippen LogP contribution in [-0.2, 0) is 21.2 Å². The summed E-state index contributed by atoms with van der Waals surface area (Å²) < 4.78 is 31.1. The topological polar surface area (TPSA) is 75.6 Å². The first-order valence-electron chi connectivity index (χ1n) is 6.60. The second-order valence-corrected chi connectivity index (χ2v) is 6.97. The molecular formula is C14H23NO4S. The molecule has 0 aromatic heterocycles.